The normalized spacial score (nSPS) is 22.1. The van der Waals surface area contributed by atoms with Crippen molar-refractivity contribution in [3.63, 3.8) is 0 Å². The van der Waals surface area contributed by atoms with Crippen molar-refractivity contribution in [3.05, 3.63) is 28.2 Å². The molecule has 0 bridgehead atoms. The fourth-order valence-corrected chi connectivity index (χ4v) is 3.97. The summed E-state index contributed by atoms with van der Waals surface area (Å²) in [4.78, 5) is 14.8. The average Bonchev–Trinajstić information content (AvgIpc) is 2.47. The monoisotopic (exact) mass is 347 g/mol. The summed E-state index contributed by atoms with van der Waals surface area (Å²) in [5.74, 6) is 0.293. The third kappa shape index (κ3) is 4.52. The maximum atomic E-state index is 12.3. The van der Waals surface area contributed by atoms with E-state index in [1.165, 1.54) is 11.8 Å². The number of aliphatic hydroxyl groups is 1. The van der Waals surface area contributed by atoms with Crippen LogP contribution in [0.3, 0.4) is 0 Å². The number of thioether (sulfide) groups is 1. The number of carbonyl (C=O) groups excluding carboxylic acids is 1. The van der Waals surface area contributed by atoms with E-state index < -0.39 is 6.10 Å². The molecule has 0 aromatic heterocycles. The quantitative estimate of drug-likeness (QED) is 0.841. The van der Waals surface area contributed by atoms with Crippen LogP contribution in [-0.4, -0.2) is 40.9 Å². The predicted molar refractivity (Wildman–Crippen MR) is 88.2 cm³/mol. The Kier molecular flexibility index (Phi) is 6.23. The van der Waals surface area contributed by atoms with E-state index >= 15 is 0 Å². The van der Waals surface area contributed by atoms with E-state index in [1.54, 1.807) is 30.1 Å². The van der Waals surface area contributed by atoms with E-state index in [9.17, 15) is 9.90 Å². The van der Waals surface area contributed by atoms with Crippen molar-refractivity contribution in [3.8, 4) is 0 Å². The van der Waals surface area contributed by atoms with Crippen LogP contribution in [0.5, 0.6) is 0 Å². The first kappa shape index (κ1) is 16.9. The molecule has 0 heterocycles. The van der Waals surface area contributed by atoms with E-state index in [4.69, 9.17) is 23.2 Å². The predicted octanol–water partition coefficient (Wildman–Crippen LogP) is 3.85. The van der Waals surface area contributed by atoms with Gasteiger partial charge in [0.2, 0.25) is 5.91 Å². The Morgan fingerprint density at radius 3 is 2.81 bits per heavy atom. The van der Waals surface area contributed by atoms with Crippen molar-refractivity contribution in [1.82, 2.24) is 4.90 Å². The number of hydrogen-bond acceptors (Lipinski definition) is 3. The molecule has 3 nitrogen and oxygen atoms in total. The summed E-state index contributed by atoms with van der Waals surface area (Å²) in [7, 11) is 1.77. The van der Waals surface area contributed by atoms with Gasteiger partial charge in [-0.1, -0.05) is 36.0 Å². The van der Waals surface area contributed by atoms with Crippen LogP contribution in [0.25, 0.3) is 0 Å². The summed E-state index contributed by atoms with van der Waals surface area (Å²) >= 11 is 13.4. The van der Waals surface area contributed by atoms with Crippen LogP contribution in [0.15, 0.2) is 23.1 Å². The van der Waals surface area contributed by atoms with Crippen LogP contribution in [0.4, 0.5) is 0 Å². The molecule has 21 heavy (non-hydrogen) atoms. The average molecular weight is 348 g/mol. The number of carbonyl (C=O) groups is 1. The molecular formula is C15H19Cl2NO2S. The van der Waals surface area contributed by atoms with Gasteiger partial charge in [-0.25, -0.2) is 0 Å². The van der Waals surface area contributed by atoms with Crippen molar-refractivity contribution in [2.24, 2.45) is 0 Å². The van der Waals surface area contributed by atoms with E-state index in [1.807, 2.05) is 0 Å². The molecule has 1 aromatic carbocycles. The SMILES string of the molecule is CN(C(=O)CSc1cc(Cl)ccc1Cl)C1CCCCC1O. The van der Waals surface area contributed by atoms with Crippen molar-refractivity contribution in [2.45, 2.75) is 42.7 Å². The van der Waals surface area contributed by atoms with E-state index in [2.05, 4.69) is 0 Å². The molecule has 1 aromatic rings. The molecule has 2 rings (SSSR count). The lowest BCUT2D eigenvalue weighted by Gasteiger charge is -2.35. The van der Waals surface area contributed by atoms with Gasteiger partial charge in [0.1, 0.15) is 0 Å². The van der Waals surface area contributed by atoms with Crippen LogP contribution in [0.1, 0.15) is 25.7 Å². The second-order valence-electron chi connectivity index (χ2n) is 5.29. The zero-order valence-electron chi connectivity index (χ0n) is 11.9. The van der Waals surface area contributed by atoms with Crippen molar-refractivity contribution in [2.75, 3.05) is 12.8 Å². The smallest absolute Gasteiger partial charge is 0.233 e. The molecule has 1 aliphatic rings. The topological polar surface area (TPSA) is 40.5 Å². The van der Waals surface area contributed by atoms with Gasteiger partial charge in [-0.05, 0) is 31.0 Å². The van der Waals surface area contributed by atoms with E-state index in [0.717, 1.165) is 30.6 Å². The molecule has 0 radical (unpaired) electrons. The number of aliphatic hydroxyl groups excluding tert-OH is 1. The Morgan fingerprint density at radius 1 is 1.38 bits per heavy atom. The number of halogens is 2. The highest BCUT2D eigenvalue weighted by Crippen LogP contribution is 2.30. The Hall–Kier alpha value is -0.420. The molecule has 116 valence electrons. The van der Waals surface area contributed by atoms with Crippen molar-refractivity contribution >= 4 is 40.9 Å². The second kappa shape index (κ2) is 7.73. The zero-order chi connectivity index (χ0) is 15.4. The summed E-state index contributed by atoms with van der Waals surface area (Å²) < 4.78 is 0. The van der Waals surface area contributed by atoms with Gasteiger partial charge >= 0.3 is 0 Å². The van der Waals surface area contributed by atoms with Crippen LogP contribution in [0.2, 0.25) is 10.0 Å². The summed E-state index contributed by atoms with van der Waals surface area (Å²) in [5, 5.41) is 11.2. The first-order chi connectivity index (χ1) is 9.99. The molecule has 6 heteroatoms. The Bertz CT molecular complexity index is 512. The molecule has 1 saturated carbocycles. The molecule has 1 amide bonds. The van der Waals surface area contributed by atoms with Crippen LogP contribution >= 0.6 is 35.0 Å². The minimum absolute atomic E-state index is 0.00184. The lowest BCUT2D eigenvalue weighted by Crippen LogP contribution is -2.46. The van der Waals surface area contributed by atoms with E-state index in [-0.39, 0.29) is 11.9 Å². The van der Waals surface area contributed by atoms with Crippen LogP contribution in [0, 0.1) is 0 Å². The van der Waals surface area contributed by atoms with Gasteiger partial charge in [-0.3, -0.25) is 4.79 Å². The van der Waals surface area contributed by atoms with Crippen molar-refractivity contribution < 1.29 is 9.90 Å². The van der Waals surface area contributed by atoms with E-state index in [0.29, 0.717) is 15.8 Å². The van der Waals surface area contributed by atoms with Crippen molar-refractivity contribution in [1.29, 1.82) is 0 Å². The number of nitrogens with zero attached hydrogens (tertiary/aromatic N) is 1. The minimum atomic E-state index is -0.410. The third-order valence-corrected chi connectivity index (χ3v) is 5.55. The van der Waals surface area contributed by atoms with Gasteiger partial charge in [0.05, 0.1) is 22.9 Å². The molecule has 0 aliphatic heterocycles. The molecule has 0 spiro atoms. The first-order valence-electron chi connectivity index (χ1n) is 7.00. The third-order valence-electron chi connectivity index (χ3n) is 3.83. The highest BCUT2D eigenvalue weighted by molar-refractivity contribution is 8.00. The Labute approximate surface area is 139 Å². The number of likely N-dealkylation sites (N-methyl/N-ethyl adjacent to an activating group) is 1. The highest BCUT2D eigenvalue weighted by atomic mass is 35.5. The lowest BCUT2D eigenvalue weighted by molar-refractivity contribution is -0.132. The minimum Gasteiger partial charge on any atom is -0.391 e. The summed E-state index contributed by atoms with van der Waals surface area (Å²) in [6.45, 7) is 0. The number of hydrogen-bond donors (Lipinski definition) is 1. The fourth-order valence-electron chi connectivity index (χ4n) is 2.56. The Balaban J connectivity index is 1.93. The van der Waals surface area contributed by atoms with Crippen LogP contribution in [-0.2, 0) is 4.79 Å². The Morgan fingerprint density at radius 2 is 2.10 bits per heavy atom. The van der Waals surface area contributed by atoms with Gasteiger partial charge in [0.25, 0.3) is 0 Å². The van der Waals surface area contributed by atoms with Gasteiger partial charge in [-0.2, -0.15) is 0 Å². The summed E-state index contributed by atoms with van der Waals surface area (Å²) in [6, 6.07) is 5.14. The molecule has 1 aliphatic carbocycles. The molecular weight excluding hydrogens is 329 g/mol. The molecule has 1 fully saturated rings. The molecule has 1 N–H and O–H groups in total. The molecule has 2 unspecified atom stereocenters. The lowest BCUT2D eigenvalue weighted by atomic mass is 9.91. The van der Waals surface area contributed by atoms with Gasteiger partial charge in [0, 0.05) is 17.0 Å². The van der Waals surface area contributed by atoms with Gasteiger partial charge in [0.15, 0.2) is 0 Å². The zero-order valence-corrected chi connectivity index (χ0v) is 14.2. The molecule has 0 saturated heterocycles. The standard InChI is InChI=1S/C15H19Cl2NO2S/c1-18(12-4-2-3-5-13(12)19)15(20)9-21-14-8-10(16)6-7-11(14)17/h6-8,12-13,19H,2-5,9H2,1H3. The number of amides is 1. The first-order valence-corrected chi connectivity index (χ1v) is 8.75. The fraction of sp³-hybridized carbons (Fsp3) is 0.533. The largest absolute Gasteiger partial charge is 0.391 e. The maximum Gasteiger partial charge on any atom is 0.233 e. The summed E-state index contributed by atoms with van der Waals surface area (Å²) in [5.41, 5.74) is 0. The number of benzene rings is 1. The maximum absolute atomic E-state index is 12.3. The van der Waals surface area contributed by atoms with Gasteiger partial charge < -0.3 is 10.0 Å². The summed E-state index contributed by atoms with van der Waals surface area (Å²) in [6.07, 6.45) is 3.33. The highest BCUT2D eigenvalue weighted by Gasteiger charge is 2.29. The number of rotatable bonds is 4. The van der Waals surface area contributed by atoms with Crippen LogP contribution < -0.4 is 0 Å². The molecule has 2 atom stereocenters. The van der Waals surface area contributed by atoms with Gasteiger partial charge in [-0.15, -0.1) is 11.8 Å². The second-order valence-corrected chi connectivity index (χ2v) is 7.15.